The fourth-order valence-corrected chi connectivity index (χ4v) is 3.78. The summed E-state index contributed by atoms with van der Waals surface area (Å²) in [6.45, 7) is 16.5. The Morgan fingerprint density at radius 3 is 2.24 bits per heavy atom. The highest BCUT2D eigenvalue weighted by molar-refractivity contribution is 7.14. The first kappa shape index (κ1) is 25.5. The zero-order valence-corrected chi connectivity index (χ0v) is 20.7. The Kier molecular flexibility index (Phi) is 8.41. The number of ether oxygens (including phenoxy) is 2. The molecule has 1 N–H and O–H groups in total. The molecule has 1 heterocycles. The number of carboxylic acid groups (broad SMARTS) is 1. The minimum atomic E-state index is -2.00. The smallest absolute Gasteiger partial charge is 0.416 e. The molecule has 1 aromatic heterocycles. The number of carbonyl (C=O) groups is 2. The monoisotopic (exact) mass is 446 g/mol. The van der Waals surface area contributed by atoms with Gasteiger partial charge in [0.15, 0.2) is 19.1 Å². The molecule has 0 saturated carbocycles. The predicted molar refractivity (Wildman–Crippen MR) is 117 cm³/mol. The summed E-state index contributed by atoms with van der Waals surface area (Å²) in [6.07, 6.45) is -1.04. The number of carbonyl (C=O) groups excluding carboxylic acids is 1. The lowest BCUT2D eigenvalue weighted by Crippen LogP contribution is -2.46. The molecule has 0 radical (unpaired) electrons. The van der Waals surface area contributed by atoms with Crippen LogP contribution in [0.5, 0.6) is 0 Å². The summed E-state index contributed by atoms with van der Waals surface area (Å²) in [6, 6.07) is 0. The second-order valence-electron chi connectivity index (χ2n) is 9.34. The van der Waals surface area contributed by atoms with Crippen LogP contribution in [0.25, 0.3) is 0 Å². The van der Waals surface area contributed by atoms with Crippen molar-refractivity contribution in [3.63, 3.8) is 0 Å². The van der Waals surface area contributed by atoms with Gasteiger partial charge in [0, 0.05) is 12.5 Å². The van der Waals surface area contributed by atoms with Crippen LogP contribution in [-0.4, -0.2) is 62.4 Å². The molecule has 0 saturated heterocycles. The van der Waals surface area contributed by atoms with Crippen LogP contribution in [0.1, 0.15) is 52.0 Å². The van der Waals surface area contributed by atoms with Gasteiger partial charge in [0.05, 0.1) is 19.3 Å². The van der Waals surface area contributed by atoms with Gasteiger partial charge in [-0.05, 0) is 38.9 Å². The normalized spacial score (nSPS) is 13.8. The van der Waals surface area contributed by atoms with Crippen LogP contribution in [0, 0.1) is 0 Å². The van der Waals surface area contributed by atoms with Crippen LogP contribution in [0.4, 0.5) is 9.93 Å². The maximum Gasteiger partial charge on any atom is 0.416 e. The van der Waals surface area contributed by atoms with Gasteiger partial charge in [0.2, 0.25) is 0 Å². The maximum absolute atomic E-state index is 12.8. The molecule has 0 aliphatic rings. The van der Waals surface area contributed by atoms with Gasteiger partial charge < -0.3 is 19.0 Å². The Morgan fingerprint density at radius 1 is 1.24 bits per heavy atom. The van der Waals surface area contributed by atoms with Crippen molar-refractivity contribution < 1.29 is 28.6 Å². The van der Waals surface area contributed by atoms with E-state index in [0.717, 1.165) is 11.3 Å². The van der Waals surface area contributed by atoms with Crippen molar-refractivity contribution in [3.8, 4) is 0 Å². The average Bonchev–Trinajstić information content (AvgIpc) is 3.02. The third-order valence-corrected chi connectivity index (χ3v) is 10.1. The second-order valence-corrected chi connectivity index (χ2v) is 15.0. The van der Waals surface area contributed by atoms with Crippen LogP contribution in [0.15, 0.2) is 5.38 Å². The van der Waals surface area contributed by atoms with E-state index < -0.39 is 32.1 Å². The fraction of sp³-hybridized carbons (Fsp3) is 0.737. The number of carboxylic acids is 1. The first-order valence-electron chi connectivity index (χ1n) is 9.43. The van der Waals surface area contributed by atoms with E-state index in [2.05, 4.69) is 38.8 Å². The minimum absolute atomic E-state index is 0.0435. The molecule has 0 aromatic carbocycles. The fourth-order valence-electron chi connectivity index (χ4n) is 1.95. The van der Waals surface area contributed by atoms with Crippen molar-refractivity contribution in [2.24, 2.45) is 0 Å². The lowest BCUT2D eigenvalue weighted by Gasteiger charge is -2.37. The van der Waals surface area contributed by atoms with E-state index in [4.69, 9.17) is 19.0 Å². The van der Waals surface area contributed by atoms with E-state index in [-0.39, 0.29) is 22.4 Å². The average molecular weight is 447 g/mol. The molecule has 1 unspecified atom stereocenters. The molecular formula is C19H34N2O6SSi. The largest absolute Gasteiger partial charge is 0.476 e. The van der Waals surface area contributed by atoms with E-state index in [1.807, 2.05) is 0 Å². The van der Waals surface area contributed by atoms with E-state index in [1.54, 1.807) is 27.9 Å². The molecule has 0 aliphatic carbocycles. The summed E-state index contributed by atoms with van der Waals surface area (Å²) in [4.78, 5) is 29.3. The number of hydrogen-bond acceptors (Lipinski definition) is 7. The Balaban J connectivity index is 3.04. The van der Waals surface area contributed by atoms with Crippen molar-refractivity contribution >= 4 is 36.8 Å². The molecule has 0 fully saturated rings. The number of anilines is 1. The first-order chi connectivity index (χ1) is 13.1. The van der Waals surface area contributed by atoms with Crippen LogP contribution in [0.2, 0.25) is 18.1 Å². The summed E-state index contributed by atoms with van der Waals surface area (Å²) in [5, 5.41) is 10.8. The number of aromatic carboxylic acids is 1. The molecule has 1 amide bonds. The SMILES string of the molecule is COC(CO[Si](C)(C)C(C)(C)C)CN(C(=O)OC(C)(C)C)c1nc(C(=O)O)cs1. The minimum Gasteiger partial charge on any atom is -0.476 e. The van der Waals surface area contributed by atoms with Crippen LogP contribution in [0.3, 0.4) is 0 Å². The van der Waals surface area contributed by atoms with Gasteiger partial charge in [-0.15, -0.1) is 11.3 Å². The van der Waals surface area contributed by atoms with Crippen molar-refractivity contribution in [1.29, 1.82) is 0 Å². The molecule has 0 spiro atoms. The number of thiazole rings is 1. The van der Waals surface area contributed by atoms with Crippen LogP contribution in [-0.2, 0) is 13.9 Å². The van der Waals surface area contributed by atoms with E-state index in [9.17, 15) is 9.59 Å². The topological polar surface area (TPSA) is 98.2 Å². The Hall–Kier alpha value is -1.49. The molecule has 1 aromatic rings. The lowest BCUT2D eigenvalue weighted by molar-refractivity contribution is 0.0425. The Labute approximate surface area is 178 Å². The van der Waals surface area contributed by atoms with Crippen molar-refractivity contribution in [2.45, 2.75) is 71.4 Å². The molecule has 29 heavy (non-hydrogen) atoms. The Morgan fingerprint density at radius 2 is 1.83 bits per heavy atom. The number of aromatic nitrogens is 1. The highest BCUT2D eigenvalue weighted by Gasteiger charge is 2.38. The van der Waals surface area contributed by atoms with Crippen molar-refractivity contribution in [3.05, 3.63) is 11.1 Å². The molecule has 8 nitrogen and oxygen atoms in total. The number of amides is 1. The van der Waals surface area contributed by atoms with E-state index in [1.165, 1.54) is 10.3 Å². The summed E-state index contributed by atoms with van der Waals surface area (Å²) in [5.74, 6) is -1.15. The van der Waals surface area contributed by atoms with Gasteiger partial charge in [-0.2, -0.15) is 0 Å². The molecule has 1 rings (SSSR count). The van der Waals surface area contributed by atoms with Gasteiger partial charge in [0.1, 0.15) is 5.60 Å². The second kappa shape index (κ2) is 9.54. The number of methoxy groups -OCH3 is 1. The third-order valence-electron chi connectivity index (χ3n) is 4.71. The summed E-state index contributed by atoms with van der Waals surface area (Å²) < 4.78 is 17.3. The lowest BCUT2D eigenvalue weighted by atomic mass is 10.2. The molecule has 10 heteroatoms. The Bertz CT molecular complexity index is 708. The standard InChI is InChI=1S/C19H34N2O6SSi/c1-18(2,3)27-17(24)21(16-20-14(12-28-16)15(22)23)10-13(25-7)11-26-29(8,9)19(4,5)6/h12-13H,10-11H2,1-9H3,(H,22,23). The number of nitrogens with zero attached hydrogens (tertiary/aromatic N) is 2. The summed E-state index contributed by atoms with van der Waals surface area (Å²) in [5.41, 5.74) is -0.826. The zero-order valence-electron chi connectivity index (χ0n) is 18.9. The maximum atomic E-state index is 12.8. The van der Waals surface area contributed by atoms with E-state index >= 15 is 0 Å². The molecular weight excluding hydrogens is 412 g/mol. The first-order valence-corrected chi connectivity index (χ1v) is 13.2. The van der Waals surface area contributed by atoms with E-state index in [0.29, 0.717) is 6.61 Å². The predicted octanol–water partition coefficient (Wildman–Crippen LogP) is 4.62. The van der Waals surface area contributed by atoms with Gasteiger partial charge in [-0.3, -0.25) is 4.90 Å². The third kappa shape index (κ3) is 7.69. The molecule has 0 aliphatic heterocycles. The van der Waals surface area contributed by atoms with Gasteiger partial charge in [-0.25, -0.2) is 14.6 Å². The molecule has 0 bridgehead atoms. The number of rotatable bonds is 8. The summed E-state index contributed by atoms with van der Waals surface area (Å²) in [7, 11) is -0.443. The molecule has 166 valence electrons. The number of hydrogen-bond donors (Lipinski definition) is 1. The molecule has 1 atom stereocenters. The van der Waals surface area contributed by atoms with Crippen LogP contribution < -0.4 is 4.90 Å². The highest BCUT2D eigenvalue weighted by atomic mass is 32.1. The highest BCUT2D eigenvalue weighted by Crippen LogP contribution is 2.36. The van der Waals surface area contributed by atoms with Crippen molar-refractivity contribution in [1.82, 2.24) is 4.98 Å². The quantitative estimate of drug-likeness (QED) is 0.582. The van der Waals surface area contributed by atoms with Gasteiger partial charge >= 0.3 is 12.1 Å². The summed E-state index contributed by atoms with van der Waals surface area (Å²) >= 11 is 1.07. The zero-order chi connectivity index (χ0) is 22.6. The van der Waals surface area contributed by atoms with Gasteiger partial charge in [0.25, 0.3) is 0 Å². The van der Waals surface area contributed by atoms with Gasteiger partial charge in [-0.1, -0.05) is 20.8 Å². The van der Waals surface area contributed by atoms with Crippen molar-refractivity contribution in [2.75, 3.05) is 25.2 Å². The van der Waals surface area contributed by atoms with Crippen LogP contribution >= 0.6 is 11.3 Å².